The fraction of sp³-hybridized carbons (Fsp3) is 0.348. The Morgan fingerprint density at radius 1 is 1.10 bits per heavy atom. The summed E-state index contributed by atoms with van der Waals surface area (Å²) in [4.78, 5) is 18.9. The van der Waals surface area contributed by atoms with Gasteiger partial charge < -0.3 is 14.2 Å². The lowest BCUT2D eigenvalue weighted by molar-refractivity contribution is -0.134. The molecule has 1 saturated heterocycles. The Morgan fingerprint density at radius 2 is 1.86 bits per heavy atom. The van der Waals surface area contributed by atoms with E-state index in [0.29, 0.717) is 24.8 Å². The maximum absolute atomic E-state index is 12.5. The number of carbonyl (C=O) groups is 1. The molecule has 1 fully saturated rings. The number of nitrogens with zero attached hydrogens (tertiary/aromatic N) is 3. The summed E-state index contributed by atoms with van der Waals surface area (Å²) >= 11 is 0. The second kappa shape index (κ2) is 8.47. The first-order chi connectivity index (χ1) is 14.1. The van der Waals surface area contributed by atoms with Gasteiger partial charge in [0.1, 0.15) is 5.75 Å². The smallest absolute Gasteiger partial charge is 0.260 e. The molecule has 2 heterocycles. The Morgan fingerprint density at radius 3 is 2.59 bits per heavy atom. The summed E-state index contributed by atoms with van der Waals surface area (Å²) in [6.45, 7) is 5.45. The van der Waals surface area contributed by atoms with Gasteiger partial charge >= 0.3 is 0 Å². The van der Waals surface area contributed by atoms with Crippen LogP contribution in [0.15, 0.2) is 53.1 Å². The van der Waals surface area contributed by atoms with Gasteiger partial charge in [0, 0.05) is 24.6 Å². The normalized spacial score (nSPS) is 14.8. The first-order valence-electron chi connectivity index (χ1n) is 9.96. The molecule has 0 atom stereocenters. The van der Waals surface area contributed by atoms with E-state index in [0.717, 1.165) is 29.7 Å². The van der Waals surface area contributed by atoms with Crippen LogP contribution in [0.3, 0.4) is 0 Å². The largest absolute Gasteiger partial charge is 0.484 e. The van der Waals surface area contributed by atoms with Crippen LogP contribution in [-0.4, -0.2) is 40.6 Å². The third-order valence-electron chi connectivity index (χ3n) is 5.30. The van der Waals surface area contributed by atoms with Crippen LogP contribution in [0.1, 0.15) is 35.8 Å². The predicted octanol–water partition coefficient (Wildman–Crippen LogP) is 4.14. The molecular formula is C23H25N3O3. The van der Waals surface area contributed by atoms with Crippen molar-refractivity contribution >= 4 is 5.91 Å². The zero-order chi connectivity index (χ0) is 20.2. The minimum absolute atomic E-state index is 0.0100. The summed E-state index contributed by atoms with van der Waals surface area (Å²) in [5.41, 5.74) is 3.26. The Labute approximate surface area is 170 Å². The van der Waals surface area contributed by atoms with Crippen molar-refractivity contribution in [2.75, 3.05) is 19.7 Å². The zero-order valence-electron chi connectivity index (χ0n) is 16.8. The van der Waals surface area contributed by atoms with Crippen molar-refractivity contribution in [2.24, 2.45) is 0 Å². The Hall–Kier alpha value is -3.15. The molecule has 6 nitrogen and oxygen atoms in total. The Balaban J connectivity index is 1.30. The summed E-state index contributed by atoms with van der Waals surface area (Å²) in [5.74, 6) is 2.19. The van der Waals surface area contributed by atoms with E-state index in [2.05, 4.69) is 10.1 Å². The second-order valence-corrected chi connectivity index (χ2v) is 7.58. The monoisotopic (exact) mass is 391 g/mol. The third-order valence-corrected chi connectivity index (χ3v) is 5.30. The van der Waals surface area contributed by atoms with Crippen molar-refractivity contribution in [3.8, 4) is 17.1 Å². The van der Waals surface area contributed by atoms with E-state index < -0.39 is 0 Å². The summed E-state index contributed by atoms with van der Waals surface area (Å²) in [6, 6.07) is 15.8. The topological polar surface area (TPSA) is 68.5 Å². The second-order valence-electron chi connectivity index (χ2n) is 7.58. The fourth-order valence-corrected chi connectivity index (χ4v) is 3.54. The van der Waals surface area contributed by atoms with E-state index in [-0.39, 0.29) is 18.4 Å². The summed E-state index contributed by atoms with van der Waals surface area (Å²) < 4.78 is 11.2. The number of aryl methyl sites for hydroxylation is 2. The van der Waals surface area contributed by atoms with Crippen LogP contribution in [0.4, 0.5) is 0 Å². The van der Waals surface area contributed by atoms with Crippen molar-refractivity contribution in [3.05, 3.63) is 65.5 Å². The van der Waals surface area contributed by atoms with Gasteiger partial charge in [-0.05, 0) is 44.4 Å². The number of likely N-dealkylation sites (tertiary alicyclic amines) is 1. The lowest BCUT2D eigenvalue weighted by Crippen LogP contribution is -2.40. The highest BCUT2D eigenvalue weighted by Gasteiger charge is 2.27. The highest BCUT2D eigenvalue weighted by atomic mass is 16.5. The third kappa shape index (κ3) is 4.65. The van der Waals surface area contributed by atoms with E-state index in [1.165, 1.54) is 5.56 Å². The van der Waals surface area contributed by atoms with Crippen LogP contribution in [-0.2, 0) is 4.79 Å². The molecule has 1 amide bonds. The summed E-state index contributed by atoms with van der Waals surface area (Å²) in [5, 5.41) is 4.13. The van der Waals surface area contributed by atoms with Gasteiger partial charge in [-0.25, -0.2) is 0 Å². The number of hydrogen-bond donors (Lipinski definition) is 0. The Bertz CT molecular complexity index is 973. The number of carbonyl (C=O) groups excluding carboxylic acids is 1. The standard InChI is InChI=1S/C23H25N3O3/c1-16-6-8-18(9-7-16)22-24-23(29-25-22)19-10-12-26(13-11-19)21(27)15-28-20-5-3-4-17(2)14-20/h3-9,14,19H,10-13,15H2,1-2H3. The lowest BCUT2D eigenvalue weighted by Gasteiger charge is -2.30. The van der Waals surface area contributed by atoms with E-state index in [1.54, 1.807) is 0 Å². The zero-order valence-corrected chi connectivity index (χ0v) is 16.8. The van der Waals surface area contributed by atoms with Crippen molar-refractivity contribution in [1.29, 1.82) is 0 Å². The lowest BCUT2D eigenvalue weighted by atomic mass is 9.96. The van der Waals surface area contributed by atoms with Crippen LogP contribution in [0.2, 0.25) is 0 Å². The molecule has 0 bridgehead atoms. The van der Waals surface area contributed by atoms with E-state index in [9.17, 15) is 4.79 Å². The molecule has 6 heteroatoms. The van der Waals surface area contributed by atoms with E-state index in [1.807, 2.05) is 67.3 Å². The minimum Gasteiger partial charge on any atom is -0.484 e. The van der Waals surface area contributed by atoms with E-state index >= 15 is 0 Å². The maximum Gasteiger partial charge on any atom is 0.260 e. The number of rotatable bonds is 5. The highest BCUT2D eigenvalue weighted by Crippen LogP contribution is 2.28. The first kappa shape index (κ1) is 19.2. The number of ether oxygens (including phenoxy) is 1. The van der Waals surface area contributed by atoms with Crippen molar-refractivity contribution in [2.45, 2.75) is 32.6 Å². The van der Waals surface area contributed by atoms with Crippen molar-refractivity contribution in [3.63, 3.8) is 0 Å². The fourth-order valence-electron chi connectivity index (χ4n) is 3.54. The summed E-state index contributed by atoms with van der Waals surface area (Å²) in [6.07, 6.45) is 1.62. The molecular weight excluding hydrogens is 366 g/mol. The number of amides is 1. The van der Waals surface area contributed by atoms with Gasteiger partial charge in [-0.2, -0.15) is 4.98 Å². The molecule has 0 aliphatic carbocycles. The molecule has 0 radical (unpaired) electrons. The predicted molar refractivity (Wildman–Crippen MR) is 110 cm³/mol. The molecule has 150 valence electrons. The van der Waals surface area contributed by atoms with Gasteiger partial charge in [0.25, 0.3) is 5.91 Å². The maximum atomic E-state index is 12.5. The molecule has 1 aliphatic rings. The summed E-state index contributed by atoms with van der Waals surface area (Å²) in [7, 11) is 0. The highest BCUT2D eigenvalue weighted by molar-refractivity contribution is 5.77. The average molecular weight is 391 g/mol. The number of piperidine rings is 1. The SMILES string of the molecule is Cc1ccc(-c2noc(C3CCN(C(=O)COc4cccc(C)c4)CC3)n2)cc1. The average Bonchev–Trinajstić information content (AvgIpc) is 3.23. The molecule has 0 unspecified atom stereocenters. The quantitative estimate of drug-likeness (QED) is 0.654. The van der Waals surface area contributed by atoms with Crippen LogP contribution in [0.25, 0.3) is 11.4 Å². The molecule has 0 N–H and O–H groups in total. The molecule has 2 aromatic carbocycles. The van der Waals surface area contributed by atoms with Crippen LogP contribution < -0.4 is 4.74 Å². The van der Waals surface area contributed by atoms with Crippen molar-refractivity contribution in [1.82, 2.24) is 15.0 Å². The molecule has 0 spiro atoms. The minimum atomic E-state index is 0.0100. The number of benzene rings is 2. The van der Waals surface area contributed by atoms with Gasteiger partial charge in [0.15, 0.2) is 6.61 Å². The van der Waals surface area contributed by atoms with Crippen LogP contribution in [0.5, 0.6) is 5.75 Å². The number of aromatic nitrogens is 2. The van der Waals surface area contributed by atoms with Crippen LogP contribution in [0, 0.1) is 13.8 Å². The van der Waals surface area contributed by atoms with Gasteiger partial charge in [-0.15, -0.1) is 0 Å². The molecule has 4 rings (SSSR count). The molecule has 3 aromatic rings. The van der Waals surface area contributed by atoms with Crippen molar-refractivity contribution < 1.29 is 14.1 Å². The van der Waals surface area contributed by atoms with Gasteiger partial charge in [0.2, 0.25) is 11.7 Å². The van der Waals surface area contributed by atoms with Gasteiger partial charge in [-0.3, -0.25) is 4.79 Å². The molecule has 0 saturated carbocycles. The first-order valence-corrected chi connectivity index (χ1v) is 9.96. The molecule has 1 aromatic heterocycles. The number of hydrogen-bond acceptors (Lipinski definition) is 5. The van der Waals surface area contributed by atoms with Gasteiger partial charge in [-0.1, -0.05) is 47.1 Å². The molecule has 1 aliphatic heterocycles. The van der Waals surface area contributed by atoms with Gasteiger partial charge in [0.05, 0.1) is 0 Å². The van der Waals surface area contributed by atoms with E-state index in [4.69, 9.17) is 9.26 Å². The molecule has 29 heavy (non-hydrogen) atoms. The van der Waals surface area contributed by atoms with Crippen LogP contribution >= 0.6 is 0 Å². The Kier molecular flexibility index (Phi) is 5.60.